The zero-order chi connectivity index (χ0) is 10.1. The Morgan fingerprint density at radius 2 is 1.89 bits per heavy atom. The summed E-state index contributed by atoms with van der Waals surface area (Å²) in [5, 5.41) is 0. The molecule has 1 fully saturated rings. The van der Waals surface area contributed by atoms with E-state index in [0.717, 1.165) is 0 Å². The van der Waals surface area contributed by atoms with Gasteiger partial charge in [0, 0.05) is 27.8 Å². The maximum Gasteiger partial charge on any atom is 0.0381 e. The SMILES string of the molecule is [2H]C1([2H])CCS(=O)CCC([2H])([2H])S1. The fraction of sp³-hybridized carbons (Fsp3) is 1.00. The zero-order valence-electron chi connectivity index (χ0n) is 9.05. The van der Waals surface area contributed by atoms with Crippen LogP contribution < -0.4 is 0 Å². The lowest BCUT2D eigenvalue weighted by Gasteiger charge is -2.06. The molecule has 0 amide bonds. The summed E-state index contributed by atoms with van der Waals surface area (Å²) in [5.74, 6) is 0.687. The molecule has 1 nitrogen and oxygen atoms in total. The molecule has 0 radical (unpaired) electrons. The van der Waals surface area contributed by atoms with E-state index in [0.29, 0.717) is 23.3 Å². The Labute approximate surface area is 68.7 Å². The number of hydrogen-bond donors (Lipinski definition) is 0. The standard InChI is InChI=1S/C6H12OS2/c7-9-5-1-3-8-4-2-6-9/h1-6H2/i3D2,4D2. The van der Waals surface area contributed by atoms with E-state index in [1.807, 2.05) is 0 Å². The molecule has 0 bridgehead atoms. The fourth-order valence-corrected chi connectivity index (χ4v) is 2.20. The third-order valence-corrected chi connectivity index (χ3v) is 3.02. The minimum absolute atomic E-state index is 0.170. The van der Waals surface area contributed by atoms with Gasteiger partial charge < -0.3 is 0 Å². The van der Waals surface area contributed by atoms with E-state index in [-0.39, 0.29) is 12.8 Å². The van der Waals surface area contributed by atoms with Crippen molar-refractivity contribution in [2.45, 2.75) is 12.8 Å². The quantitative estimate of drug-likeness (QED) is 0.542. The van der Waals surface area contributed by atoms with Gasteiger partial charge in [-0.1, -0.05) is 0 Å². The normalized spacial score (nSPS) is 42.7. The van der Waals surface area contributed by atoms with Crippen LogP contribution in [0.25, 0.3) is 0 Å². The van der Waals surface area contributed by atoms with Gasteiger partial charge in [0.25, 0.3) is 0 Å². The molecule has 1 rings (SSSR count). The van der Waals surface area contributed by atoms with Gasteiger partial charge in [0.2, 0.25) is 0 Å². The Kier molecular flexibility index (Phi) is 1.81. The summed E-state index contributed by atoms with van der Waals surface area (Å²) < 4.78 is 41.0. The highest BCUT2D eigenvalue weighted by Crippen LogP contribution is 2.09. The van der Waals surface area contributed by atoms with Gasteiger partial charge >= 0.3 is 0 Å². The Balaban J connectivity index is 2.70. The van der Waals surface area contributed by atoms with Crippen molar-refractivity contribution in [3.05, 3.63) is 0 Å². The Morgan fingerprint density at radius 3 is 2.44 bits per heavy atom. The first kappa shape index (κ1) is 3.77. The molecule has 0 aromatic rings. The largest absolute Gasteiger partial charge is 0.260 e. The van der Waals surface area contributed by atoms with Crippen LogP contribution in [-0.4, -0.2) is 27.1 Å². The molecule has 0 spiro atoms. The highest BCUT2D eigenvalue weighted by atomic mass is 32.2. The average molecular weight is 168 g/mol. The monoisotopic (exact) mass is 168 g/mol. The van der Waals surface area contributed by atoms with Crippen LogP contribution in [0.4, 0.5) is 0 Å². The van der Waals surface area contributed by atoms with Crippen LogP contribution in [0.5, 0.6) is 0 Å². The summed E-state index contributed by atoms with van der Waals surface area (Å²) in [6.45, 7) is 0. The van der Waals surface area contributed by atoms with Crippen LogP contribution in [-0.2, 0) is 10.8 Å². The van der Waals surface area contributed by atoms with Gasteiger partial charge in [0.15, 0.2) is 0 Å². The lowest BCUT2D eigenvalue weighted by Crippen LogP contribution is -2.07. The second-order valence-electron chi connectivity index (χ2n) is 1.74. The van der Waals surface area contributed by atoms with Crippen LogP contribution in [0, 0.1) is 0 Å². The first-order valence-corrected chi connectivity index (χ1v) is 5.16. The summed E-state index contributed by atoms with van der Waals surface area (Å²) in [7, 11) is -1.06. The van der Waals surface area contributed by atoms with Crippen molar-refractivity contribution in [2.75, 3.05) is 22.9 Å². The molecular formula is C6H12OS2. The highest BCUT2D eigenvalue weighted by Gasteiger charge is 2.02. The van der Waals surface area contributed by atoms with Crippen LogP contribution in [0.3, 0.4) is 0 Å². The summed E-state index contributed by atoms with van der Waals surface area (Å²) in [6, 6.07) is 0. The van der Waals surface area contributed by atoms with Crippen molar-refractivity contribution in [3.63, 3.8) is 0 Å². The molecule has 1 aliphatic heterocycles. The van der Waals surface area contributed by atoms with E-state index in [1.54, 1.807) is 0 Å². The van der Waals surface area contributed by atoms with Crippen molar-refractivity contribution in [2.24, 2.45) is 0 Å². The second kappa shape index (κ2) is 4.34. The van der Waals surface area contributed by atoms with Gasteiger partial charge in [-0.3, -0.25) is 4.21 Å². The molecule has 0 N–H and O–H groups in total. The van der Waals surface area contributed by atoms with Gasteiger partial charge in [-0.25, -0.2) is 0 Å². The van der Waals surface area contributed by atoms with Crippen LogP contribution in [0.15, 0.2) is 0 Å². The van der Waals surface area contributed by atoms with Crippen LogP contribution >= 0.6 is 11.8 Å². The fourth-order valence-electron chi connectivity index (χ4n) is 0.566. The van der Waals surface area contributed by atoms with Crippen molar-refractivity contribution >= 4 is 22.6 Å². The summed E-state index contributed by atoms with van der Waals surface area (Å²) in [5.41, 5.74) is -3.17. The van der Waals surface area contributed by atoms with Crippen molar-refractivity contribution in [1.29, 1.82) is 0 Å². The molecule has 1 aliphatic rings. The molecular weight excluding hydrogens is 152 g/mol. The maximum absolute atomic E-state index is 11.2. The molecule has 0 aromatic heterocycles. The van der Waals surface area contributed by atoms with E-state index in [2.05, 4.69) is 0 Å². The molecule has 3 heteroatoms. The number of rotatable bonds is 0. The summed E-state index contributed by atoms with van der Waals surface area (Å²) in [6.07, 6.45) is 0.341. The van der Waals surface area contributed by atoms with Gasteiger partial charge in [-0.2, -0.15) is 11.8 Å². The minimum atomic E-state index is -1.58. The van der Waals surface area contributed by atoms with Gasteiger partial charge in [0.1, 0.15) is 0 Å². The molecule has 1 saturated heterocycles. The Morgan fingerprint density at radius 1 is 1.33 bits per heavy atom. The van der Waals surface area contributed by atoms with E-state index in [4.69, 9.17) is 5.48 Å². The Hall–Kier alpha value is 0.500. The molecule has 9 heavy (non-hydrogen) atoms. The average Bonchev–Trinajstić information content (AvgIpc) is 1.94. The predicted molar refractivity (Wildman–Crippen MR) is 44.4 cm³/mol. The van der Waals surface area contributed by atoms with Crippen molar-refractivity contribution < 1.29 is 9.69 Å². The molecule has 54 valence electrons. The molecule has 1 heterocycles. The molecule has 0 aromatic carbocycles. The molecule has 0 saturated carbocycles. The molecule has 0 unspecified atom stereocenters. The number of thioether (sulfide) groups is 1. The number of hydrogen-bond acceptors (Lipinski definition) is 2. The van der Waals surface area contributed by atoms with Gasteiger partial charge in [-0.05, 0) is 24.3 Å². The first-order valence-electron chi connectivity index (χ1n) is 4.86. The topological polar surface area (TPSA) is 17.1 Å². The van der Waals surface area contributed by atoms with Crippen LogP contribution in [0.1, 0.15) is 18.3 Å². The second-order valence-corrected chi connectivity index (χ2v) is 4.22. The maximum atomic E-state index is 11.2. The summed E-state index contributed by atoms with van der Waals surface area (Å²) >= 11 is 0.714. The zero-order valence-corrected chi connectivity index (χ0v) is 6.69. The van der Waals surface area contributed by atoms with Gasteiger partial charge in [0.05, 0.1) is 0 Å². The minimum Gasteiger partial charge on any atom is -0.260 e. The smallest absolute Gasteiger partial charge is 0.0381 e. The summed E-state index contributed by atoms with van der Waals surface area (Å²) in [4.78, 5) is 0. The van der Waals surface area contributed by atoms with Gasteiger partial charge in [-0.15, -0.1) is 0 Å². The van der Waals surface area contributed by atoms with E-state index >= 15 is 0 Å². The van der Waals surface area contributed by atoms with Crippen molar-refractivity contribution in [3.8, 4) is 0 Å². The lowest BCUT2D eigenvalue weighted by atomic mass is 10.6. The van der Waals surface area contributed by atoms with E-state index in [1.165, 1.54) is 0 Å². The van der Waals surface area contributed by atoms with Crippen molar-refractivity contribution in [1.82, 2.24) is 0 Å². The third kappa shape index (κ3) is 3.26. The van der Waals surface area contributed by atoms with Crippen LogP contribution in [0.2, 0.25) is 0 Å². The first-order chi connectivity index (χ1) is 5.81. The Bertz CT molecular complexity index is 199. The predicted octanol–water partition coefficient (Wildman–Crippen LogP) is 1.26. The molecule has 0 atom stereocenters. The van der Waals surface area contributed by atoms with E-state index in [9.17, 15) is 4.21 Å². The molecule has 0 aliphatic carbocycles. The lowest BCUT2D eigenvalue weighted by molar-refractivity contribution is 0.680. The highest BCUT2D eigenvalue weighted by molar-refractivity contribution is 7.99. The van der Waals surface area contributed by atoms with E-state index < -0.39 is 22.2 Å². The third-order valence-electron chi connectivity index (χ3n) is 1.01.